The standard InChI is InChI=1S/C15H22BrNO2/c1-11-5-6-12(16)9-13(11)14(19)17-8-4-7-15(2,3)10-18/h5-6,9,18H,4,7-8,10H2,1-3H3,(H,17,19). The van der Waals surface area contributed by atoms with E-state index in [0.29, 0.717) is 12.1 Å². The van der Waals surface area contributed by atoms with Gasteiger partial charge in [-0.2, -0.15) is 0 Å². The van der Waals surface area contributed by atoms with Gasteiger partial charge in [-0.05, 0) is 42.9 Å². The van der Waals surface area contributed by atoms with E-state index in [1.54, 1.807) is 0 Å². The summed E-state index contributed by atoms with van der Waals surface area (Å²) >= 11 is 3.37. The van der Waals surface area contributed by atoms with Gasteiger partial charge in [0.25, 0.3) is 5.91 Å². The van der Waals surface area contributed by atoms with Crippen LogP contribution >= 0.6 is 15.9 Å². The molecule has 0 unspecified atom stereocenters. The SMILES string of the molecule is Cc1ccc(Br)cc1C(=O)NCCCC(C)(C)CO. The molecule has 0 heterocycles. The maximum Gasteiger partial charge on any atom is 0.251 e. The molecule has 1 rings (SSSR count). The van der Waals surface area contributed by atoms with E-state index in [1.807, 2.05) is 39.0 Å². The van der Waals surface area contributed by atoms with Crippen molar-refractivity contribution < 1.29 is 9.90 Å². The number of benzene rings is 1. The molecule has 1 aromatic carbocycles. The van der Waals surface area contributed by atoms with E-state index in [9.17, 15) is 4.79 Å². The third-order valence-electron chi connectivity index (χ3n) is 3.19. The minimum absolute atomic E-state index is 0.0411. The summed E-state index contributed by atoms with van der Waals surface area (Å²) in [7, 11) is 0. The van der Waals surface area contributed by atoms with Crippen LogP contribution in [0.4, 0.5) is 0 Å². The Morgan fingerprint density at radius 2 is 2.11 bits per heavy atom. The van der Waals surface area contributed by atoms with Crippen molar-refractivity contribution in [1.82, 2.24) is 5.32 Å². The number of aliphatic hydroxyl groups excluding tert-OH is 1. The number of carbonyl (C=O) groups excluding carboxylic acids is 1. The van der Waals surface area contributed by atoms with Crippen LogP contribution in [0.3, 0.4) is 0 Å². The zero-order valence-electron chi connectivity index (χ0n) is 11.8. The molecule has 0 saturated carbocycles. The highest BCUT2D eigenvalue weighted by molar-refractivity contribution is 9.10. The number of amides is 1. The number of aliphatic hydroxyl groups is 1. The van der Waals surface area contributed by atoms with E-state index in [2.05, 4.69) is 21.2 Å². The molecule has 0 saturated heterocycles. The van der Waals surface area contributed by atoms with Crippen molar-refractivity contribution in [2.24, 2.45) is 5.41 Å². The average molecular weight is 328 g/mol. The first-order valence-corrected chi connectivity index (χ1v) is 7.30. The van der Waals surface area contributed by atoms with E-state index in [-0.39, 0.29) is 17.9 Å². The molecular formula is C15H22BrNO2. The Bertz CT molecular complexity index is 444. The van der Waals surface area contributed by atoms with E-state index in [1.165, 1.54) is 0 Å². The van der Waals surface area contributed by atoms with Crippen LogP contribution in [0.2, 0.25) is 0 Å². The van der Waals surface area contributed by atoms with Crippen molar-refractivity contribution in [2.45, 2.75) is 33.6 Å². The van der Waals surface area contributed by atoms with Crippen LogP contribution in [0.1, 0.15) is 42.6 Å². The zero-order valence-corrected chi connectivity index (χ0v) is 13.4. The van der Waals surface area contributed by atoms with Crippen molar-refractivity contribution >= 4 is 21.8 Å². The van der Waals surface area contributed by atoms with Gasteiger partial charge in [-0.1, -0.05) is 35.8 Å². The Kier molecular flexibility index (Phi) is 6.01. The number of rotatable bonds is 6. The van der Waals surface area contributed by atoms with Crippen LogP contribution in [-0.4, -0.2) is 24.2 Å². The third kappa shape index (κ3) is 5.33. The van der Waals surface area contributed by atoms with Gasteiger partial charge in [0, 0.05) is 23.2 Å². The van der Waals surface area contributed by atoms with Crippen LogP contribution in [0.25, 0.3) is 0 Å². The summed E-state index contributed by atoms with van der Waals surface area (Å²) < 4.78 is 0.907. The number of halogens is 1. The molecule has 0 aliphatic rings. The first kappa shape index (κ1) is 16.2. The number of aryl methyl sites for hydroxylation is 1. The quantitative estimate of drug-likeness (QED) is 0.788. The number of carbonyl (C=O) groups is 1. The van der Waals surface area contributed by atoms with Gasteiger partial charge in [-0.3, -0.25) is 4.79 Å². The lowest BCUT2D eigenvalue weighted by Gasteiger charge is -2.21. The minimum Gasteiger partial charge on any atom is -0.396 e. The molecule has 0 fully saturated rings. The highest BCUT2D eigenvalue weighted by atomic mass is 79.9. The average Bonchev–Trinajstić information content (AvgIpc) is 2.37. The normalized spacial score (nSPS) is 11.4. The molecule has 106 valence electrons. The van der Waals surface area contributed by atoms with Gasteiger partial charge in [0.05, 0.1) is 0 Å². The van der Waals surface area contributed by atoms with E-state index < -0.39 is 0 Å². The second kappa shape index (κ2) is 7.06. The van der Waals surface area contributed by atoms with Gasteiger partial charge < -0.3 is 10.4 Å². The second-order valence-electron chi connectivity index (χ2n) is 5.64. The van der Waals surface area contributed by atoms with Gasteiger partial charge in [0.2, 0.25) is 0 Å². The summed E-state index contributed by atoms with van der Waals surface area (Å²) in [6.45, 7) is 6.77. The molecule has 0 aliphatic heterocycles. The van der Waals surface area contributed by atoms with Crippen LogP contribution in [-0.2, 0) is 0 Å². The lowest BCUT2D eigenvalue weighted by Crippen LogP contribution is -2.27. The fraction of sp³-hybridized carbons (Fsp3) is 0.533. The molecule has 0 radical (unpaired) electrons. The van der Waals surface area contributed by atoms with Gasteiger partial charge in [0.1, 0.15) is 0 Å². The van der Waals surface area contributed by atoms with Crippen LogP contribution < -0.4 is 5.32 Å². The monoisotopic (exact) mass is 327 g/mol. The highest BCUT2D eigenvalue weighted by Gasteiger charge is 2.16. The molecule has 0 aliphatic carbocycles. The van der Waals surface area contributed by atoms with Crippen molar-refractivity contribution in [2.75, 3.05) is 13.2 Å². The Morgan fingerprint density at radius 3 is 2.74 bits per heavy atom. The molecule has 19 heavy (non-hydrogen) atoms. The second-order valence-corrected chi connectivity index (χ2v) is 6.56. The molecule has 1 aromatic rings. The first-order chi connectivity index (χ1) is 8.85. The van der Waals surface area contributed by atoms with Gasteiger partial charge in [0.15, 0.2) is 0 Å². The fourth-order valence-electron chi connectivity index (χ4n) is 1.78. The van der Waals surface area contributed by atoms with Gasteiger partial charge >= 0.3 is 0 Å². The topological polar surface area (TPSA) is 49.3 Å². The Hall–Kier alpha value is -0.870. The van der Waals surface area contributed by atoms with E-state index in [4.69, 9.17) is 5.11 Å². The Morgan fingerprint density at radius 1 is 1.42 bits per heavy atom. The summed E-state index contributed by atoms with van der Waals surface area (Å²) in [6.07, 6.45) is 1.76. The van der Waals surface area contributed by atoms with Crippen LogP contribution in [0.15, 0.2) is 22.7 Å². The smallest absolute Gasteiger partial charge is 0.251 e. The maximum absolute atomic E-state index is 12.0. The molecular weight excluding hydrogens is 306 g/mol. The summed E-state index contributed by atoms with van der Waals surface area (Å²) in [5, 5.41) is 12.1. The number of hydrogen-bond donors (Lipinski definition) is 2. The molecule has 0 aromatic heterocycles. The minimum atomic E-state index is -0.0730. The highest BCUT2D eigenvalue weighted by Crippen LogP contribution is 2.20. The molecule has 1 amide bonds. The lowest BCUT2D eigenvalue weighted by atomic mass is 9.89. The molecule has 0 bridgehead atoms. The summed E-state index contributed by atoms with van der Waals surface area (Å²) in [5.41, 5.74) is 1.60. The lowest BCUT2D eigenvalue weighted by molar-refractivity contribution is 0.0948. The maximum atomic E-state index is 12.0. The van der Waals surface area contributed by atoms with Crippen molar-refractivity contribution in [3.63, 3.8) is 0 Å². The molecule has 3 nitrogen and oxygen atoms in total. The summed E-state index contributed by atoms with van der Waals surface area (Å²) in [6, 6.07) is 5.69. The largest absolute Gasteiger partial charge is 0.396 e. The zero-order chi connectivity index (χ0) is 14.5. The Labute approximate surface area is 123 Å². The van der Waals surface area contributed by atoms with Crippen LogP contribution in [0, 0.1) is 12.3 Å². The van der Waals surface area contributed by atoms with Crippen molar-refractivity contribution in [3.8, 4) is 0 Å². The first-order valence-electron chi connectivity index (χ1n) is 6.51. The number of nitrogens with one attached hydrogen (secondary N) is 1. The predicted molar refractivity (Wildman–Crippen MR) is 81.3 cm³/mol. The van der Waals surface area contributed by atoms with Gasteiger partial charge in [-0.25, -0.2) is 0 Å². The van der Waals surface area contributed by atoms with Crippen LogP contribution in [0.5, 0.6) is 0 Å². The molecule has 4 heteroatoms. The van der Waals surface area contributed by atoms with Gasteiger partial charge in [-0.15, -0.1) is 0 Å². The Balaban J connectivity index is 2.46. The van der Waals surface area contributed by atoms with Crippen molar-refractivity contribution in [3.05, 3.63) is 33.8 Å². The third-order valence-corrected chi connectivity index (χ3v) is 3.68. The number of hydrogen-bond acceptors (Lipinski definition) is 2. The summed E-state index contributed by atoms with van der Waals surface area (Å²) in [5.74, 6) is -0.0411. The molecule has 0 atom stereocenters. The van der Waals surface area contributed by atoms with Crippen molar-refractivity contribution in [1.29, 1.82) is 0 Å². The summed E-state index contributed by atoms with van der Waals surface area (Å²) in [4.78, 5) is 12.0. The van der Waals surface area contributed by atoms with E-state index >= 15 is 0 Å². The molecule has 2 N–H and O–H groups in total. The predicted octanol–water partition coefficient (Wildman–Crippen LogP) is 3.29. The molecule has 0 spiro atoms. The fourth-order valence-corrected chi connectivity index (χ4v) is 2.14. The van der Waals surface area contributed by atoms with E-state index in [0.717, 1.165) is 22.9 Å².